The van der Waals surface area contributed by atoms with Gasteiger partial charge in [-0.05, 0) is 36.4 Å². The first-order valence-electron chi connectivity index (χ1n) is 6.70. The predicted octanol–water partition coefficient (Wildman–Crippen LogP) is 3.69. The van der Waals surface area contributed by atoms with Gasteiger partial charge in [0.2, 0.25) is 0 Å². The molecule has 0 radical (unpaired) electrons. The van der Waals surface area contributed by atoms with Gasteiger partial charge in [-0.3, -0.25) is 4.79 Å². The highest BCUT2D eigenvalue weighted by Crippen LogP contribution is 2.29. The molecule has 0 aromatic heterocycles. The lowest BCUT2D eigenvalue weighted by Gasteiger charge is -2.09. The van der Waals surface area contributed by atoms with E-state index >= 15 is 0 Å². The van der Waals surface area contributed by atoms with Crippen molar-refractivity contribution in [1.29, 1.82) is 0 Å². The average molecular weight is 318 g/mol. The van der Waals surface area contributed by atoms with Crippen LogP contribution in [0.3, 0.4) is 0 Å². The van der Waals surface area contributed by atoms with Crippen LogP contribution in [-0.2, 0) is 0 Å². The van der Waals surface area contributed by atoms with Crippen molar-refractivity contribution in [2.75, 3.05) is 27.1 Å². The summed E-state index contributed by atoms with van der Waals surface area (Å²) in [6.45, 7) is 0. The molecule has 116 valence electrons. The molecule has 4 nitrogen and oxygen atoms in total. The van der Waals surface area contributed by atoms with E-state index in [1.165, 1.54) is 11.8 Å². The van der Waals surface area contributed by atoms with Crippen molar-refractivity contribution in [3.8, 4) is 17.2 Å². The normalized spacial score (nSPS) is 10.1. The number of carbonyl (C=O) groups is 1. The third kappa shape index (κ3) is 3.95. The molecule has 0 saturated heterocycles. The number of carbonyl (C=O) groups excluding carboxylic acids is 1. The molecule has 0 unspecified atom stereocenters. The van der Waals surface area contributed by atoms with Crippen molar-refractivity contribution in [3.63, 3.8) is 0 Å². The summed E-state index contributed by atoms with van der Waals surface area (Å²) in [5.74, 6) is 2.33. The minimum Gasteiger partial charge on any atom is -0.497 e. The van der Waals surface area contributed by atoms with Gasteiger partial charge in [0, 0.05) is 10.5 Å². The van der Waals surface area contributed by atoms with E-state index in [2.05, 4.69) is 0 Å². The van der Waals surface area contributed by atoms with E-state index in [1.807, 2.05) is 24.3 Å². The second kappa shape index (κ2) is 7.75. The minimum atomic E-state index is 0.0359. The van der Waals surface area contributed by atoms with Crippen LogP contribution in [-0.4, -0.2) is 32.9 Å². The fraction of sp³-hybridized carbons (Fsp3) is 0.235. The molecule has 0 saturated carbocycles. The Hall–Kier alpha value is -2.14. The van der Waals surface area contributed by atoms with Gasteiger partial charge in [-0.25, -0.2) is 0 Å². The number of benzene rings is 2. The number of hydrogen-bond acceptors (Lipinski definition) is 5. The molecule has 0 atom stereocenters. The van der Waals surface area contributed by atoms with Gasteiger partial charge in [-0.1, -0.05) is 6.07 Å². The van der Waals surface area contributed by atoms with Crippen LogP contribution in [0, 0.1) is 0 Å². The van der Waals surface area contributed by atoms with Crippen LogP contribution in [0.5, 0.6) is 17.2 Å². The lowest BCUT2D eigenvalue weighted by molar-refractivity contribution is 0.102. The lowest BCUT2D eigenvalue weighted by Crippen LogP contribution is -2.03. The number of ether oxygens (including phenoxy) is 3. The summed E-state index contributed by atoms with van der Waals surface area (Å²) in [4.78, 5) is 13.3. The smallest absolute Gasteiger partial charge is 0.173 e. The molecule has 0 heterocycles. The summed E-state index contributed by atoms with van der Waals surface area (Å²) in [5, 5.41) is 0. The maximum Gasteiger partial charge on any atom is 0.173 e. The first kappa shape index (κ1) is 16.2. The Bertz CT molecular complexity index is 655. The van der Waals surface area contributed by atoms with E-state index < -0.39 is 0 Å². The molecule has 22 heavy (non-hydrogen) atoms. The molecule has 0 bridgehead atoms. The topological polar surface area (TPSA) is 44.8 Å². The number of ketones is 1. The van der Waals surface area contributed by atoms with Crippen LogP contribution >= 0.6 is 11.8 Å². The van der Waals surface area contributed by atoms with Gasteiger partial charge in [0.25, 0.3) is 0 Å². The second-order valence-corrected chi connectivity index (χ2v) is 5.51. The van der Waals surface area contributed by atoms with Crippen LogP contribution in [0.1, 0.15) is 10.4 Å². The molecule has 0 amide bonds. The van der Waals surface area contributed by atoms with Crippen molar-refractivity contribution < 1.29 is 19.0 Å². The van der Waals surface area contributed by atoms with Gasteiger partial charge in [-0.2, -0.15) is 0 Å². The van der Waals surface area contributed by atoms with Gasteiger partial charge in [0.15, 0.2) is 17.3 Å². The molecule has 0 spiro atoms. The Labute approximate surface area is 134 Å². The summed E-state index contributed by atoms with van der Waals surface area (Å²) in [5.41, 5.74) is 0.605. The highest BCUT2D eigenvalue weighted by Gasteiger charge is 2.11. The van der Waals surface area contributed by atoms with Gasteiger partial charge >= 0.3 is 0 Å². The van der Waals surface area contributed by atoms with Crippen molar-refractivity contribution in [3.05, 3.63) is 48.0 Å². The Morgan fingerprint density at radius 2 is 1.73 bits per heavy atom. The average Bonchev–Trinajstić information content (AvgIpc) is 2.59. The van der Waals surface area contributed by atoms with Crippen LogP contribution in [0.15, 0.2) is 47.4 Å². The fourth-order valence-corrected chi connectivity index (χ4v) is 2.77. The lowest BCUT2D eigenvalue weighted by atomic mass is 10.1. The second-order valence-electron chi connectivity index (χ2n) is 4.46. The maximum atomic E-state index is 12.3. The molecule has 2 aromatic rings. The van der Waals surface area contributed by atoms with Crippen LogP contribution in [0.4, 0.5) is 0 Å². The van der Waals surface area contributed by atoms with Gasteiger partial charge < -0.3 is 14.2 Å². The molecule has 0 fully saturated rings. The highest BCUT2D eigenvalue weighted by molar-refractivity contribution is 8.00. The summed E-state index contributed by atoms with van der Waals surface area (Å²) in [7, 11) is 4.74. The Morgan fingerprint density at radius 1 is 0.955 bits per heavy atom. The first-order chi connectivity index (χ1) is 10.7. The zero-order valence-electron chi connectivity index (χ0n) is 12.8. The van der Waals surface area contributed by atoms with Crippen molar-refractivity contribution >= 4 is 17.5 Å². The quantitative estimate of drug-likeness (QED) is 0.575. The maximum absolute atomic E-state index is 12.3. The third-order valence-corrected chi connectivity index (χ3v) is 4.11. The fourth-order valence-electron chi connectivity index (χ4n) is 1.93. The number of methoxy groups -OCH3 is 3. The number of rotatable bonds is 7. The molecule has 0 N–H and O–H groups in total. The molecule has 2 rings (SSSR count). The standard InChI is InChI=1S/C17H18O4S/c1-19-13-5-4-6-14(10-13)22-11-15(18)12-7-8-16(20-2)17(9-12)21-3/h4-10H,11H2,1-3H3. The Morgan fingerprint density at radius 3 is 2.41 bits per heavy atom. The first-order valence-corrected chi connectivity index (χ1v) is 7.68. The van der Waals surface area contributed by atoms with Crippen molar-refractivity contribution in [1.82, 2.24) is 0 Å². The van der Waals surface area contributed by atoms with Gasteiger partial charge in [0.05, 0.1) is 27.1 Å². The number of Topliss-reactive ketones (excluding diaryl/α,β-unsaturated/α-hetero) is 1. The molecule has 0 aliphatic rings. The molecule has 0 aliphatic heterocycles. The van der Waals surface area contributed by atoms with Gasteiger partial charge in [-0.15, -0.1) is 11.8 Å². The highest BCUT2D eigenvalue weighted by atomic mass is 32.2. The predicted molar refractivity (Wildman–Crippen MR) is 87.6 cm³/mol. The van der Waals surface area contributed by atoms with E-state index in [9.17, 15) is 4.79 Å². The summed E-state index contributed by atoms with van der Waals surface area (Å²) >= 11 is 1.47. The molecular formula is C17H18O4S. The van der Waals surface area contributed by atoms with Crippen LogP contribution in [0.25, 0.3) is 0 Å². The number of thioether (sulfide) groups is 1. The van der Waals surface area contributed by atoms with E-state index in [1.54, 1.807) is 39.5 Å². The van der Waals surface area contributed by atoms with E-state index in [0.717, 1.165) is 10.6 Å². The van der Waals surface area contributed by atoms with Crippen molar-refractivity contribution in [2.45, 2.75) is 4.90 Å². The van der Waals surface area contributed by atoms with E-state index in [-0.39, 0.29) is 5.78 Å². The monoisotopic (exact) mass is 318 g/mol. The van der Waals surface area contributed by atoms with Gasteiger partial charge in [0.1, 0.15) is 5.75 Å². The third-order valence-electron chi connectivity index (χ3n) is 3.12. The largest absolute Gasteiger partial charge is 0.497 e. The molecule has 0 aliphatic carbocycles. The molecule has 5 heteroatoms. The summed E-state index contributed by atoms with van der Waals surface area (Å²) < 4.78 is 15.6. The summed E-state index contributed by atoms with van der Waals surface area (Å²) in [6, 6.07) is 12.8. The summed E-state index contributed by atoms with van der Waals surface area (Å²) in [6.07, 6.45) is 0. The zero-order chi connectivity index (χ0) is 15.9. The SMILES string of the molecule is COc1cccc(SCC(=O)c2ccc(OC)c(OC)c2)c1. The number of hydrogen-bond donors (Lipinski definition) is 0. The van der Waals surface area contributed by atoms with Crippen molar-refractivity contribution in [2.24, 2.45) is 0 Å². The molecular weight excluding hydrogens is 300 g/mol. The molecule has 2 aromatic carbocycles. The minimum absolute atomic E-state index is 0.0359. The van der Waals surface area contributed by atoms with E-state index in [0.29, 0.717) is 22.8 Å². The van der Waals surface area contributed by atoms with E-state index in [4.69, 9.17) is 14.2 Å². The Kier molecular flexibility index (Phi) is 5.72. The van der Waals surface area contributed by atoms with Crippen LogP contribution < -0.4 is 14.2 Å². The zero-order valence-corrected chi connectivity index (χ0v) is 13.6. The van der Waals surface area contributed by atoms with Crippen LogP contribution in [0.2, 0.25) is 0 Å². The Balaban J connectivity index is 2.05.